The first-order valence-corrected chi connectivity index (χ1v) is 7.14. The van der Waals surface area contributed by atoms with E-state index in [0.29, 0.717) is 5.41 Å². The molecular weight excluding hydrogens is 204 g/mol. The van der Waals surface area contributed by atoms with Crippen molar-refractivity contribution in [2.45, 2.75) is 60.3 Å². The van der Waals surface area contributed by atoms with Crippen LogP contribution in [-0.2, 0) is 0 Å². The fourth-order valence-electron chi connectivity index (χ4n) is 3.58. The van der Waals surface area contributed by atoms with Gasteiger partial charge in [0.15, 0.2) is 0 Å². The molecule has 0 heteroatoms. The molecule has 17 heavy (non-hydrogen) atoms. The molecule has 0 spiro atoms. The van der Waals surface area contributed by atoms with Crippen LogP contribution in [0, 0.1) is 23.2 Å². The minimum Gasteiger partial charge on any atom is -0.0998 e. The fourth-order valence-corrected chi connectivity index (χ4v) is 3.58. The zero-order valence-corrected chi connectivity index (χ0v) is 12.4. The average Bonchev–Trinajstić information content (AvgIpc) is 2.14. The average molecular weight is 234 g/mol. The lowest BCUT2D eigenvalue weighted by atomic mass is 9.70. The van der Waals surface area contributed by atoms with Crippen molar-refractivity contribution in [3.8, 4) is 0 Å². The Morgan fingerprint density at radius 3 is 2.59 bits per heavy atom. The maximum absolute atomic E-state index is 4.22. The van der Waals surface area contributed by atoms with Crippen LogP contribution in [0.5, 0.6) is 0 Å². The summed E-state index contributed by atoms with van der Waals surface area (Å²) in [5.74, 6) is 2.50. The van der Waals surface area contributed by atoms with E-state index in [-0.39, 0.29) is 0 Å². The summed E-state index contributed by atoms with van der Waals surface area (Å²) in [5, 5.41) is 0. The van der Waals surface area contributed by atoms with Crippen molar-refractivity contribution in [2.24, 2.45) is 23.2 Å². The molecule has 0 radical (unpaired) electrons. The molecule has 1 rings (SSSR count). The Morgan fingerprint density at radius 2 is 2.06 bits per heavy atom. The third-order valence-corrected chi connectivity index (χ3v) is 4.16. The lowest BCUT2D eigenvalue weighted by Gasteiger charge is -2.36. The molecule has 1 fully saturated rings. The van der Waals surface area contributed by atoms with Gasteiger partial charge in [-0.1, -0.05) is 52.0 Å². The second kappa shape index (κ2) is 5.89. The molecule has 0 aromatic heterocycles. The molecule has 1 aliphatic rings. The Kier molecular flexibility index (Phi) is 5.04. The number of allylic oxidation sites excluding steroid dienone is 3. The van der Waals surface area contributed by atoms with Crippen LogP contribution in [0.1, 0.15) is 60.3 Å². The molecule has 1 saturated carbocycles. The molecule has 0 bridgehead atoms. The Bertz CT molecular complexity index is 282. The van der Waals surface area contributed by atoms with E-state index in [9.17, 15) is 0 Å². The summed E-state index contributed by atoms with van der Waals surface area (Å²) < 4.78 is 0. The van der Waals surface area contributed by atoms with E-state index < -0.39 is 0 Å². The first-order valence-electron chi connectivity index (χ1n) is 7.14. The normalized spacial score (nSPS) is 28.6. The highest BCUT2D eigenvalue weighted by atomic mass is 14.3. The van der Waals surface area contributed by atoms with Crippen molar-refractivity contribution in [2.75, 3.05) is 0 Å². The predicted molar refractivity (Wildman–Crippen MR) is 78.0 cm³/mol. The highest BCUT2D eigenvalue weighted by Crippen LogP contribution is 2.40. The summed E-state index contributed by atoms with van der Waals surface area (Å²) >= 11 is 0. The third-order valence-electron chi connectivity index (χ3n) is 4.16. The monoisotopic (exact) mass is 234 g/mol. The quantitative estimate of drug-likeness (QED) is 0.555. The summed E-state index contributed by atoms with van der Waals surface area (Å²) in [5.41, 5.74) is 1.82. The lowest BCUT2D eigenvalue weighted by molar-refractivity contribution is 0.206. The van der Waals surface area contributed by atoms with Crippen LogP contribution in [0.2, 0.25) is 0 Å². The predicted octanol–water partition coefficient (Wildman–Crippen LogP) is 5.61. The van der Waals surface area contributed by atoms with Gasteiger partial charge in [-0.25, -0.2) is 0 Å². The standard InChI is InChI=1S/C17H30/c1-7-8-17(5,6)12-15(4)16-10-13(2)9-14(3)11-16/h7-8,14-16H,2,9-12H2,1,3-6H3/b8-7+. The summed E-state index contributed by atoms with van der Waals surface area (Å²) in [6.07, 6.45) is 9.74. The van der Waals surface area contributed by atoms with Crippen molar-refractivity contribution in [3.05, 3.63) is 24.3 Å². The SMILES string of the molecule is C=C1CC(C)CC(C(C)CC(C)(C)/C=C/C)C1. The van der Waals surface area contributed by atoms with Crippen LogP contribution < -0.4 is 0 Å². The van der Waals surface area contributed by atoms with Gasteiger partial charge in [0.1, 0.15) is 0 Å². The molecule has 0 nitrogen and oxygen atoms in total. The number of rotatable bonds is 4. The Labute approximate surface area is 108 Å². The van der Waals surface area contributed by atoms with E-state index >= 15 is 0 Å². The van der Waals surface area contributed by atoms with E-state index in [1.165, 1.54) is 31.3 Å². The van der Waals surface area contributed by atoms with Crippen LogP contribution in [0.4, 0.5) is 0 Å². The maximum Gasteiger partial charge on any atom is -0.0172 e. The van der Waals surface area contributed by atoms with Gasteiger partial charge in [-0.05, 0) is 55.8 Å². The van der Waals surface area contributed by atoms with Crippen LogP contribution in [0.25, 0.3) is 0 Å². The lowest BCUT2D eigenvalue weighted by Crippen LogP contribution is -2.24. The molecule has 98 valence electrons. The smallest absolute Gasteiger partial charge is 0.0172 e. The van der Waals surface area contributed by atoms with E-state index in [4.69, 9.17) is 0 Å². The largest absolute Gasteiger partial charge is 0.0998 e. The van der Waals surface area contributed by atoms with Gasteiger partial charge in [-0.3, -0.25) is 0 Å². The van der Waals surface area contributed by atoms with Gasteiger partial charge in [0.05, 0.1) is 0 Å². The Hall–Kier alpha value is -0.520. The summed E-state index contributed by atoms with van der Waals surface area (Å²) in [6, 6.07) is 0. The Morgan fingerprint density at radius 1 is 1.41 bits per heavy atom. The number of hydrogen-bond donors (Lipinski definition) is 0. The minimum absolute atomic E-state index is 0.343. The van der Waals surface area contributed by atoms with Gasteiger partial charge >= 0.3 is 0 Å². The zero-order valence-electron chi connectivity index (χ0n) is 12.4. The van der Waals surface area contributed by atoms with Crippen molar-refractivity contribution in [3.63, 3.8) is 0 Å². The molecular formula is C17H30. The zero-order chi connectivity index (χ0) is 13.1. The first kappa shape index (κ1) is 14.5. The first-order chi connectivity index (χ1) is 7.84. The molecule has 0 aromatic carbocycles. The van der Waals surface area contributed by atoms with Crippen LogP contribution in [-0.4, -0.2) is 0 Å². The van der Waals surface area contributed by atoms with Gasteiger partial charge in [-0.2, -0.15) is 0 Å². The molecule has 0 aliphatic heterocycles. The second-order valence-electron chi connectivity index (χ2n) is 6.93. The fraction of sp³-hybridized carbons (Fsp3) is 0.765. The molecule has 0 saturated heterocycles. The molecule has 0 heterocycles. The molecule has 1 aliphatic carbocycles. The highest BCUT2D eigenvalue weighted by Gasteiger charge is 2.28. The van der Waals surface area contributed by atoms with Crippen molar-refractivity contribution in [1.82, 2.24) is 0 Å². The van der Waals surface area contributed by atoms with E-state index in [0.717, 1.165) is 17.8 Å². The van der Waals surface area contributed by atoms with Gasteiger partial charge in [0, 0.05) is 0 Å². The van der Waals surface area contributed by atoms with Crippen molar-refractivity contribution >= 4 is 0 Å². The summed E-state index contributed by atoms with van der Waals surface area (Å²) in [7, 11) is 0. The van der Waals surface area contributed by atoms with Crippen molar-refractivity contribution in [1.29, 1.82) is 0 Å². The van der Waals surface area contributed by atoms with E-state index in [1.54, 1.807) is 0 Å². The van der Waals surface area contributed by atoms with Gasteiger partial charge in [0.2, 0.25) is 0 Å². The highest BCUT2D eigenvalue weighted by molar-refractivity contribution is 5.03. The molecule has 0 aromatic rings. The van der Waals surface area contributed by atoms with E-state index in [1.807, 2.05) is 0 Å². The van der Waals surface area contributed by atoms with Gasteiger partial charge in [-0.15, -0.1) is 0 Å². The van der Waals surface area contributed by atoms with Crippen LogP contribution in [0.15, 0.2) is 24.3 Å². The second-order valence-corrected chi connectivity index (χ2v) is 6.93. The van der Waals surface area contributed by atoms with Gasteiger partial charge < -0.3 is 0 Å². The topological polar surface area (TPSA) is 0 Å². The third kappa shape index (κ3) is 4.69. The van der Waals surface area contributed by atoms with Crippen LogP contribution in [0.3, 0.4) is 0 Å². The molecule has 0 amide bonds. The van der Waals surface area contributed by atoms with Gasteiger partial charge in [0.25, 0.3) is 0 Å². The number of hydrogen-bond acceptors (Lipinski definition) is 0. The maximum atomic E-state index is 4.22. The van der Waals surface area contributed by atoms with E-state index in [2.05, 4.69) is 53.3 Å². The molecule has 3 unspecified atom stereocenters. The minimum atomic E-state index is 0.343. The molecule has 0 N–H and O–H groups in total. The summed E-state index contributed by atoms with van der Waals surface area (Å²) in [4.78, 5) is 0. The van der Waals surface area contributed by atoms with Crippen LogP contribution >= 0.6 is 0 Å². The molecule has 3 atom stereocenters. The van der Waals surface area contributed by atoms with Crippen molar-refractivity contribution < 1.29 is 0 Å². The Balaban J connectivity index is 2.57. The summed E-state index contributed by atoms with van der Waals surface area (Å²) in [6.45, 7) is 15.8.